The third kappa shape index (κ3) is 22.5. The molecule has 0 aliphatic heterocycles. The largest absolute Gasteiger partial charge is 0.466 e. The highest BCUT2D eigenvalue weighted by atomic mass is 16.5. The predicted molar refractivity (Wildman–Crippen MR) is 171 cm³/mol. The molecule has 1 aromatic carbocycles. The maximum Gasteiger partial charge on any atom is 0.311 e. The van der Waals surface area contributed by atoms with Crippen molar-refractivity contribution in [1.82, 2.24) is 0 Å². The summed E-state index contributed by atoms with van der Waals surface area (Å²) in [5.41, 5.74) is 0.804. The van der Waals surface area contributed by atoms with Gasteiger partial charge in [-0.15, -0.1) is 0 Å². The fraction of sp³-hybridized carbons (Fsp3) is 0.722. The molecule has 1 atom stereocenters. The molecule has 0 bridgehead atoms. The Bertz CT molecular complexity index is 893. The van der Waals surface area contributed by atoms with Gasteiger partial charge in [0.1, 0.15) is 11.5 Å². The van der Waals surface area contributed by atoms with E-state index in [1.165, 1.54) is 32.1 Å². The molecular weight excluding hydrogens is 544 g/mol. The summed E-state index contributed by atoms with van der Waals surface area (Å²) in [6, 6.07) is 6.94. The van der Waals surface area contributed by atoms with Gasteiger partial charge in [0.2, 0.25) is 0 Å². The van der Waals surface area contributed by atoms with Gasteiger partial charge in [-0.2, -0.15) is 0 Å². The molecule has 0 aliphatic carbocycles. The maximum absolute atomic E-state index is 12.3. The van der Waals surface area contributed by atoms with Crippen LogP contribution in [0.5, 0.6) is 5.75 Å². The van der Waals surface area contributed by atoms with Crippen LogP contribution in [0.1, 0.15) is 148 Å². The molecule has 0 amide bonds. The number of ether oxygens (including phenoxy) is 3. The Hall–Kier alpha value is -2.70. The van der Waals surface area contributed by atoms with Crippen molar-refractivity contribution in [3.8, 4) is 5.75 Å². The van der Waals surface area contributed by atoms with E-state index in [1.54, 1.807) is 31.2 Å². The van der Waals surface area contributed by atoms with Crippen LogP contribution in [0.3, 0.4) is 0 Å². The summed E-state index contributed by atoms with van der Waals surface area (Å²) in [6.45, 7) is 6.92. The summed E-state index contributed by atoms with van der Waals surface area (Å²) in [7, 11) is 0. The van der Waals surface area contributed by atoms with Gasteiger partial charge in [0, 0.05) is 19.3 Å². The Morgan fingerprint density at radius 1 is 0.581 bits per heavy atom. The Morgan fingerprint density at radius 2 is 1.19 bits per heavy atom. The van der Waals surface area contributed by atoms with E-state index in [-0.39, 0.29) is 36.5 Å². The number of ketones is 1. The lowest BCUT2D eigenvalue weighted by Crippen LogP contribution is -2.12. The Kier molecular flexibility index (Phi) is 23.0. The normalized spacial score (nSPS) is 11.6. The first-order chi connectivity index (χ1) is 20.8. The van der Waals surface area contributed by atoms with Crippen LogP contribution < -0.4 is 4.74 Å². The van der Waals surface area contributed by atoms with Gasteiger partial charge in [-0.25, -0.2) is 0 Å². The summed E-state index contributed by atoms with van der Waals surface area (Å²) < 4.78 is 16.2. The second kappa shape index (κ2) is 25.8. The summed E-state index contributed by atoms with van der Waals surface area (Å²) in [5, 5.41) is 0. The van der Waals surface area contributed by atoms with E-state index in [9.17, 15) is 19.2 Å². The molecule has 0 aliphatic rings. The number of carbonyl (C=O) groups excluding carboxylic acids is 4. The van der Waals surface area contributed by atoms with Gasteiger partial charge in [-0.05, 0) is 62.6 Å². The van der Waals surface area contributed by atoms with Crippen LogP contribution in [0, 0.1) is 5.92 Å². The second-order valence-corrected chi connectivity index (χ2v) is 11.8. The first-order valence-electron chi connectivity index (χ1n) is 16.9. The molecule has 7 nitrogen and oxygen atoms in total. The quantitative estimate of drug-likeness (QED) is 0.0563. The van der Waals surface area contributed by atoms with Crippen LogP contribution in [0.4, 0.5) is 0 Å². The standard InChI is InChI=1S/C36H58O7/c1-4-6-7-8-9-10-16-27-41-34(38)20-12-11-13-21-35(39)43-33-24-22-32(23-25-33)29-36(40)42-28-26-31(17-5-2)19-15-14-18-30(3)37/h22-25,31H,4-21,26-29H2,1-3H3. The third-order valence-electron chi connectivity index (χ3n) is 7.65. The SMILES string of the molecule is CCCCCCCCCOC(=O)CCCCCC(=O)Oc1ccc(CC(=O)OCCC(CCC)CCCCC(C)=O)cc1. The number of esters is 3. The molecule has 0 heterocycles. The van der Waals surface area contributed by atoms with Crippen molar-refractivity contribution >= 4 is 23.7 Å². The zero-order chi connectivity index (χ0) is 31.5. The van der Waals surface area contributed by atoms with Crippen molar-refractivity contribution in [2.75, 3.05) is 13.2 Å². The average Bonchev–Trinajstić information content (AvgIpc) is 2.97. The van der Waals surface area contributed by atoms with Gasteiger partial charge >= 0.3 is 17.9 Å². The van der Waals surface area contributed by atoms with Crippen molar-refractivity contribution in [3.63, 3.8) is 0 Å². The maximum atomic E-state index is 12.3. The predicted octanol–water partition coefficient (Wildman–Crippen LogP) is 8.88. The van der Waals surface area contributed by atoms with Crippen LogP contribution in [0.25, 0.3) is 0 Å². The highest BCUT2D eigenvalue weighted by Gasteiger charge is 2.12. The van der Waals surface area contributed by atoms with E-state index >= 15 is 0 Å². The summed E-state index contributed by atoms with van der Waals surface area (Å²) in [4.78, 5) is 47.5. The first kappa shape index (κ1) is 38.3. The topological polar surface area (TPSA) is 96.0 Å². The second-order valence-electron chi connectivity index (χ2n) is 11.8. The molecule has 244 valence electrons. The number of benzene rings is 1. The molecule has 7 heteroatoms. The lowest BCUT2D eigenvalue weighted by molar-refractivity contribution is -0.144. The average molecular weight is 603 g/mol. The minimum atomic E-state index is -0.309. The summed E-state index contributed by atoms with van der Waals surface area (Å²) >= 11 is 0. The van der Waals surface area contributed by atoms with Gasteiger partial charge in [0.05, 0.1) is 19.6 Å². The molecule has 0 radical (unpaired) electrons. The number of carbonyl (C=O) groups is 4. The van der Waals surface area contributed by atoms with Gasteiger partial charge < -0.3 is 19.0 Å². The van der Waals surface area contributed by atoms with Gasteiger partial charge in [-0.3, -0.25) is 14.4 Å². The van der Waals surface area contributed by atoms with E-state index in [2.05, 4.69) is 13.8 Å². The molecule has 0 fully saturated rings. The van der Waals surface area contributed by atoms with Crippen LogP contribution in [-0.4, -0.2) is 36.9 Å². The van der Waals surface area contributed by atoms with E-state index < -0.39 is 0 Å². The fourth-order valence-electron chi connectivity index (χ4n) is 5.10. The number of rotatable bonds is 27. The van der Waals surface area contributed by atoms with Crippen LogP contribution in [0.15, 0.2) is 24.3 Å². The van der Waals surface area contributed by atoms with Crippen molar-refractivity contribution in [1.29, 1.82) is 0 Å². The van der Waals surface area contributed by atoms with Gasteiger partial charge in [0.25, 0.3) is 0 Å². The molecule has 0 spiro atoms. The van der Waals surface area contributed by atoms with Gasteiger partial charge in [-0.1, -0.05) is 96.6 Å². The Labute approximate surface area is 260 Å². The molecule has 43 heavy (non-hydrogen) atoms. The smallest absolute Gasteiger partial charge is 0.311 e. The Balaban J connectivity index is 2.15. The zero-order valence-corrected chi connectivity index (χ0v) is 27.3. The van der Waals surface area contributed by atoms with Crippen LogP contribution in [0.2, 0.25) is 0 Å². The van der Waals surface area contributed by atoms with Crippen molar-refractivity contribution in [3.05, 3.63) is 29.8 Å². The Morgan fingerprint density at radius 3 is 1.86 bits per heavy atom. The number of Topliss-reactive ketones (excluding diaryl/α,β-unsaturated/α-hetero) is 1. The zero-order valence-electron chi connectivity index (χ0n) is 27.3. The summed E-state index contributed by atoms with van der Waals surface area (Å²) in [6.07, 6.45) is 18.0. The van der Waals surface area contributed by atoms with Gasteiger partial charge in [0.15, 0.2) is 0 Å². The summed E-state index contributed by atoms with van der Waals surface area (Å²) in [5.74, 6) is 0.469. The van der Waals surface area contributed by atoms with E-state index in [4.69, 9.17) is 14.2 Å². The highest BCUT2D eigenvalue weighted by molar-refractivity contribution is 5.75. The number of unbranched alkanes of at least 4 members (excludes halogenated alkanes) is 9. The molecule has 1 aromatic rings. The van der Waals surface area contributed by atoms with E-state index in [0.29, 0.717) is 50.6 Å². The van der Waals surface area contributed by atoms with E-state index in [1.807, 2.05) is 0 Å². The number of hydrogen-bond donors (Lipinski definition) is 0. The molecule has 0 N–H and O–H groups in total. The van der Waals surface area contributed by atoms with E-state index in [0.717, 1.165) is 63.4 Å². The third-order valence-corrected chi connectivity index (χ3v) is 7.65. The van der Waals surface area contributed by atoms with Crippen molar-refractivity contribution in [2.24, 2.45) is 5.92 Å². The monoisotopic (exact) mass is 602 g/mol. The van der Waals surface area contributed by atoms with Crippen LogP contribution in [-0.2, 0) is 35.1 Å². The van der Waals surface area contributed by atoms with Crippen LogP contribution >= 0.6 is 0 Å². The minimum Gasteiger partial charge on any atom is -0.466 e. The molecular formula is C36H58O7. The molecule has 0 saturated heterocycles. The lowest BCUT2D eigenvalue weighted by Gasteiger charge is -2.16. The van der Waals surface area contributed by atoms with Crippen molar-refractivity contribution < 1.29 is 33.4 Å². The fourth-order valence-corrected chi connectivity index (χ4v) is 5.10. The minimum absolute atomic E-state index is 0.157. The molecule has 0 saturated carbocycles. The molecule has 0 aromatic heterocycles. The van der Waals surface area contributed by atoms with Crippen molar-refractivity contribution in [2.45, 2.75) is 149 Å². The lowest BCUT2D eigenvalue weighted by atomic mass is 9.93. The molecule has 1 unspecified atom stereocenters. The number of hydrogen-bond acceptors (Lipinski definition) is 7. The highest BCUT2D eigenvalue weighted by Crippen LogP contribution is 2.20. The molecule has 1 rings (SSSR count). The first-order valence-corrected chi connectivity index (χ1v) is 16.9.